The molecule has 0 amide bonds. The fourth-order valence-electron chi connectivity index (χ4n) is 2.43. The van der Waals surface area contributed by atoms with Gasteiger partial charge in [0.15, 0.2) is 0 Å². The van der Waals surface area contributed by atoms with E-state index in [1.54, 1.807) is 0 Å². The third-order valence-electron chi connectivity index (χ3n) is 3.35. The lowest BCUT2D eigenvalue weighted by molar-refractivity contribution is 0.319. The van der Waals surface area contributed by atoms with Gasteiger partial charge in [0.2, 0.25) is 0 Å². The van der Waals surface area contributed by atoms with Crippen LogP contribution in [0.2, 0.25) is 0 Å². The van der Waals surface area contributed by atoms with Crippen LogP contribution in [0, 0.1) is 0 Å². The number of likely N-dealkylation sites (tertiary alicyclic amines) is 1. The molecule has 2 aromatic rings. The van der Waals surface area contributed by atoms with Crippen LogP contribution in [0.3, 0.4) is 0 Å². The monoisotopic (exact) mass is 243 g/mol. The second-order valence-corrected chi connectivity index (χ2v) is 4.83. The lowest BCUT2D eigenvalue weighted by Gasteiger charge is -2.14. The van der Waals surface area contributed by atoms with Gasteiger partial charge in [-0.25, -0.2) is 9.97 Å². The molecule has 1 aliphatic rings. The maximum Gasteiger partial charge on any atom is 0.145 e. The Morgan fingerprint density at radius 1 is 1.28 bits per heavy atom. The van der Waals surface area contributed by atoms with Crippen molar-refractivity contribution in [3.8, 4) is 0 Å². The van der Waals surface area contributed by atoms with Crippen LogP contribution < -0.4 is 11.5 Å². The van der Waals surface area contributed by atoms with Crippen LogP contribution in [-0.2, 0) is 6.54 Å². The molecule has 1 atom stereocenters. The average molecular weight is 243 g/mol. The summed E-state index contributed by atoms with van der Waals surface area (Å²) < 4.78 is 0. The Labute approximate surface area is 106 Å². The second-order valence-electron chi connectivity index (χ2n) is 4.83. The molecular formula is C13H17N5. The molecule has 0 bridgehead atoms. The number of para-hydroxylation sites is 1. The highest BCUT2D eigenvalue weighted by atomic mass is 15.2. The molecule has 18 heavy (non-hydrogen) atoms. The Morgan fingerprint density at radius 2 is 2.11 bits per heavy atom. The highest BCUT2D eigenvalue weighted by Gasteiger charge is 2.20. The average Bonchev–Trinajstić information content (AvgIpc) is 2.75. The molecule has 1 aromatic heterocycles. The first-order chi connectivity index (χ1) is 8.72. The number of nitrogens with zero attached hydrogens (tertiary/aromatic N) is 3. The van der Waals surface area contributed by atoms with Crippen molar-refractivity contribution in [3.05, 3.63) is 30.1 Å². The van der Waals surface area contributed by atoms with Crippen LogP contribution in [0.1, 0.15) is 12.2 Å². The Balaban J connectivity index is 1.88. The van der Waals surface area contributed by atoms with Gasteiger partial charge in [-0.3, -0.25) is 4.90 Å². The molecule has 0 saturated carbocycles. The summed E-state index contributed by atoms with van der Waals surface area (Å²) >= 11 is 0. The standard InChI is InChI=1S/C13H17N5/c14-9-5-6-18(7-9)8-12-16-11-4-2-1-3-10(11)13(15)17-12/h1-4,9H,5-8,14H2,(H2,15,16,17)/t9-/m1/s1. The summed E-state index contributed by atoms with van der Waals surface area (Å²) in [4.78, 5) is 11.2. The molecule has 94 valence electrons. The number of hydrogen-bond donors (Lipinski definition) is 2. The molecular weight excluding hydrogens is 226 g/mol. The van der Waals surface area contributed by atoms with Gasteiger partial charge in [-0.15, -0.1) is 0 Å². The van der Waals surface area contributed by atoms with Crippen LogP contribution in [0.25, 0.3) is 10.9 Å². The first-order valence-corrected chi connectivity index (χ1v) is 6.21. The van der Waals surface area contributed by atoms with Gasteiger partial charge < -0.3 is 11.5 Å². The molecule has 1 saturated heterocycles. The zero-order chi connectivity index (χ0) is 12.5. The fraction of sp³-hybridized carbons (Fsp3) is 0.385. The van der Waals surface area contributed by atoms with Crippen molar-refractivity contribution in [1.82, 2.24) is 14.9 Å². The number of nitrogen functional groups attached to an aromatic ring is 1. The predicted molar refractivity (Wildman–Crippen MR) is 71.8 cm³/mol. The van der Waals surface area contributed by atoms with E-state index in [1.807, 2.05) is 24.3 Å². The Bertz CT molecular complexity index is 568. The van der Waals surface area contributed by atoms with Crippen LogP contribution in [-0.4, -0.2) is 34.0 Å². The first-order valence-electron chi connectivity index (χ1n) is 6.21. The van der Waals surface area contributed by atoms with Crippen molar-refractivity contribution in [2.45, 2.75) is 19.0 Å². The summed E-state index contributed by atoms with van der Waals surface area (Å²) in [6.45, 7) is 2.65. The van der Waals surface area contributed by atoms with E-state index < -0.39 is 0 Å². The number of rotatable bonds is 2. The molecule has 5 heteroatoms. The lowest BCUT2D eigenvalue weighted by Crippen LogP contribution is -2.27. The Kier molecular flexibility index (Phi) is 2.85. The van der Waals surface area contributed by atoms with Crippen molar-refractivity contribution >= 4 is 16.7 Å². The number of anilines is 1. The smallest absolute Gasteiger partial charge is 0.145 e. The second kappa shape index (κ2) is 4.51. The third kappa shape index (κ3) is 2.14. The fourth-order valence-corrected chi connectivity index (χ4v) is 2.43. The molecule has 0 radical (unpaired) electrons. The Hall–Kier alpha value is -1.72. The van der Waals surface area contributed by atoms with Gasteiger partial charge in [-0.05, 0) is 18.6 Å². The van der Waals surface area contributed by atoms with Crippen molar-refractivity contribution in [1.29, 1.82) is 0 Å². The normalized spacial score (nSPS) is 20.6. The van der Waals surface area contributed by atoms with Crippen LogP contribution in [0.15, 0.2) is 24.3 Å². The van der Waals surface area contributed by atoms with Crippen molar-refractivity contribution in [2.75, 3.05) is 18.8 Å². The maximum atomic E-state index is 5.96. The zero-order valence-electron chi connectivity index (χ0n) is 10.2. The van der Waals surface area contributed by atoms with Gasteiger partial charge >= 0.3 is 0 Å². The molecule has 1 aliphatic heterocycles. The number of nitrogens with two attached hydrogens (primary N) is 2. The zero-order valence-corrected chi connectivity index (χ0v) is 10.2. The highest BCUT2D eigenvalue weighted by Crippen LogP contribution is 2.18. The summed E-state index contributed by atoms with van der Waals surface area (Å²) in [5.74, 6) is 1.33. The molecule has 0 spiro atoms. The summed E-state index contributed by atoms with van der Waals surface area (Å²) in [5.41, 5.74) is 12.8. The number of benzene rings is 1. The van der Waals surface area contributed by atoms with Gasteiger partial charge in [0.05, 0.1) is 12.1 Å². The maximum absolute atomic E-state index is 5.96. The molecule has 1 fully saturated rings. The van der Waals surface area contributed by atoms with E-state index in [4.69, 9.17) is 11.5 Å². The summed E-state index contributed by atoms with van der Waals surface area (Å²) in [7, 11) is 0. The minimum absolute atomic E-state index is 0.280. The van der Waals surface area contributed by atoms with Crippen molar-refractivity contribution < 1.29 is 0 Å². The SMILES string of the molecule is Nc1nc(CN2CC[C@@H](N)C2)nc2ccccc12. The third-order valence-corrected chi connectivity index (χ3v) is 3.35. The molecule has 5 nitrogen and oxygen atoms in total. The summed E-state index contributed by atoms with van der Waals surface area (Å²) in [6, 6.07) is 8.10. The van der Waals surface area contributed by atoms with Gasteiger partial charge in [0.1, 0.15) is 11.6 Å². The van der Waals surface area contributed by atoms with E-state index in [0.29, 0.717) is 5.82 Å². The lowest BCUT2D eigenvalue weighted by atomic mass is 10.2. The van der Waals surface area contributed by atoms with E-state index in [2.05, 4.69) is 14.9 Å². The minimum atomic E-state index is 0.280. The van der Waals surface area contributed by atoms with E-state index in [-0.39, 0.29) is 6.04 Å². The number of aromatic nitrogens is 2. The molecule has 0 unspecified atom stereocenters. The van der Waals surface area contributed by atoms with Crippen LogP contribution >= 0.6 is 0 Å². The van der Waals surface area contributed by atoms with Crippen molar-refractivity contribution in [2.24, 2.45) is 5.73 Å². The molecule has 4 N–H and O–H groups in total. The van der Waals surface area contributed by atoms with Crippen LogP contribution in [0.5, 0.6) is 0 Å². The van der Waals surface area contributed by atoms with E-state index in [0.717, 1.165) is 42.8 Å². The van der Waals surface area contributed by atoms with E-state index in [1.165, 1.54) is 0 Å². The molecule has 3 rings (SSSR count). The number of hydrogen-bond acceptors (Lipinski definition) is 5. The molecule has 2 heterocycles. The van der Waals surface area contributed by atoms with Gasteiger partial charge in [-0.1, -0.05) is 12.1 Å². The number of fused-ring (bicyclic) bond motifs is 1. The van der Waals surface area contributed by atoms with Gasteiger partial charge in [0.25, 0.3) is 0 Å². The molecule has 1 aromatic carbocycles. The topological polar surface area (TPSA) is 81.1 Å². The largest absolute Gasteiger partial charge is 0.383 e. The minimum Gasteiger partial charge on any atom is -0.383 e. The van der Waals surface area contributed by atoms with Crippen molar-refractivity contribution in [3.63, 3.8) is 0 Å². The summed E-state index contributed by atoms with van der Waals surface area (Å²) in [5, 5.41) is 0.916. The predicted octanol–water partition coefficient (Wildman–Crippen LogP) is 0.745. The molecule has 0 aliphatic carbocycles. The quantitative estimate of drug-likeness (QED) is 0.813. The van der Waals surface area contributed by atoms with Gasteiger partial charge in [-0.2, -0.15) is 0 Å². The summed E-state index contributed by atoms with van der Waals surface area (Å²) in [6.07, 6.45) is 1.04. The highest BCUT2D eigenvalue weighted by molar-refractivity contribution is 5.87. The van der Waals surface area contributed by atoms with Gasteiger partial charge in [0, 0.05) is 24.5 Å². The first kappa shape index (κ1) is 11.4. The van der Waals surface area contributed by atoms with Crippen LogP contribution in [0.4, 0.5) is 5.82 Å². The van der Waals surface area contributed by atoms with E-state index >= 15 is 0 Å². The Morgan fingerprint density at radius 3 is 2.89 bits per heavy atom. The van der Waals surface area contributed by atoms with E-state index in [9.17, 15) is 0 Å².